The van der Waals surface area contributed by atoms with Gasteiger partial charge in [-0.3, -0.25) is 20.1 Å². The molecule has 3 aromatic rings. The average Bonchev–Trinajstić information content (AvgIpc) is 3.22. The number of pyridine rings is 2. The van der Waals surface area contributed by atoms with Gasteiger partial charge in [-0.2, -0.15) is 0 Å². The maximum absolute atomic E-state index is 13.0. The number of fused-ring (bicyclic) bond motifs is 1. The summed E-state index contributed by atoms with van der Waals surface area (Å²) in [5.41, 5.74) is 2.84. The third-order valence-corrected chi connectivity index (χ3v) is 4.47. The van der Waals surface area contributed by atoms with Crippen molar-refractivity contribution in [2.24, 2.45) is 0 Å². The number of carbonyl (C=O) groups excluding carboxylic acids is 1. The molecule has 142 valence electrons. The van der Waals surface area contributed by atoms with E-state index in [1.165, 1.54) is 0 Å². The van der Waals surface area contributed by atoms with Gasteiger partial charge in [0.15, 0.2) is 11.5 Å². The predicted octanol–water partition coefficient (Wildman–Crippen LogP) is 2.35. The van der Waals surface area contributed by atoms with Crippen molar-refractivity contribution in [3.63, 3.8) is 0 Å². The number of nitrogens with zero attached hydrogens (tertiary/aromatic N) is 2. The number of nitrogens with one attached hydrogen (secondary N) is 2. The van der Waals surface area contributed by atoms with Crippen molar-refractivity contribution >= 4 is 5.91 Å². The summed E-state index contributed by atoms with van der Waals surface area (Å²) in [5.74, 6) is 1.22. The van der Waals surface area contributed by atoms with Gasteiger partial charge in [0, 0.05) is 37.9 Å². The third kappa shape index (κ3) is 4.27. The van der Waals surface area contributed by atoms with E-state index >= 15 is 0 Å². The minimum atomic E-state index is -0.537. The van der Waals surface area contributed by atoms with Gasteiger partial charge in [0.05, 0.1) is 0 Å². The first-order valence-corrected chi connectivity index (χ1v) is 8.98. The van der Waals surface area contributed by atoms with Crippen molar-refractivity contribution in [2.45, 2.75) is 19.1 Å². The van der Waals surface area contributed by atoms with E-state index in [4.69, 9.17) is 9.47 Å². The minimum absolute atomic E-state index is 0.121. The van der Waals surface area contributed by atoms with Gasteiger partial charge in [-0.1, -0.05) is 6.07 Å². The maximum atomic E-state index is 13.0. The van der Waals surface area contributed by atoms with E-state index < -0.39 is 6.04 Å². The van der Waals surface area contributed by atoms with E-state index in [1.54, 1.807) is 24.8 Å². The topological polar surface area (TPSA) is 85.4 Å². The highest BCUT2D eigenvalue weighted by Gasteiger charge is 2.23. The normalized spacial score (nSPS) is 13.1. The highest BCUT2D eigenvalue weighted by Crippen LogP contribution is 2.34. The molecule has 1 amide bonds. The Balaban J connectivity index is 1.51. The molecular weight excluding hydrogens is 356 g/mol. The summed E-state index contributed by atoms with van der Waals surface area (Å²) >= 11 is 0. The van der Waals surface area contributed by atoms with Gasteiger partial charge in [0.2, 0.25) is 12.7 Å². The monoisotopic (exact) mass is 376 g/mol. The smallest absolute Gasteiger partial charge is 0.242 e. The zero-order valence-corrected chi connectivity index (χ0v) is 15.2. The number of carbonyl (C=O) groups is 1. The molecule has 1 atom stereocenters. The first kappa shape index (κ1) is 17.9. The molecule has 0 aliphatic carbocycles. The summed E-state index contributed by atoms with van der Waals surface area (Å²) in [4.78, 5) is 21.0. The van der Waals surface area contributed by atoms with Gasteiger partial charge in [0.1, 0.15) is 6.04 Å². The molecule has 3 heterocycles. The molecule has 1 unspecified atom stereocenters. The van der Waals surface area contributed by atoms with Crippen molar-refractivity contribution < 1.29 is 14.3 Å². The molecule has 1 aliphatic rings. The molecule has 2 aromatic heterocycles. The Morgan fingerprint density at radius 3 is 2.25 bits per heavy atom. The van der Waals surface area contributed by atoms with Crippen LogP contribution in [0, 0.1) is 0 Å². The summed E-state index contributed by atoms with van der Waals surface area (Å²) in [6, 6.07) is 12.6. The van der Waals surface area contributed by atoms with Crippen LogP contribution in [0.1, 0.15) is 22.7 Å². The highest BCUT2D eigenvalue weighted by atomic mass is 16.7. The zero-order valence-electron chi connectivity index (χ0n) is 15.2. The Labute approximate surface area is 162 Å². The van der Waals surface area contributed by atoms with Crippen LogP contribution in [0.3, 0.4) is 0 Å². The fourth-order valence-electron chi connectivity index (χ4n) is 2.97. The molecule has 0 saturated carbocycles. The fraction of sp³-hybridized carbons (Fsp3) is 0.190. The summed E-state index contributed by atoms with van der Waals surface area (Å²) in [7, 11) is 0. The quantitative estimate of drug-likeness (QED) is 0.658. The number of benzene rings is 1. The van der Waals surface area contributed by atoms with Crippen molar-refractivity contribution in [3.8, 4) is 11.5 Å². The van der Waals surface area contributed by atoms with E-state index in [0.29, 0.717) is 24.6 Å². The Bertz CT molecular complexity index is 935. The molecule has 0 radical (unpaired) electrons. The summed E-state index contributed by atoms with van der Waals surface area (Å²) < 4.78 is 10.8. The highest BCUT2D eigenvalue weighted by molar-refractivity contribution is 5.83. The van der Waals surface area contributed by atoms with Gasteiger partial charge < -0.3 is 14.8 Å². The van der Waals surface area contributed by atoms with Crippen LogP contribution in [-0.4, -0.2) is 22.7 Å². The number of hydrogen-bond donors (Lipinski definition) is 2. The largest absolute Gasteiger partial charge is 0.454 e. The minimum Gasteiger partial charge on any atom is -0.454 e. The molecule has 1 aromatic carbocycles. The van der Waals surface area contributed by atoms with E-state index in [9.17, 15) is 4.79 Å². The first-order chi connectivity index (χ1) is 13.8. The lowest BCUT2D eigenvalue weighted by Gasteiger charge is -2.19. The Kier molecular flexibility index (Phi) is 5.44. The van der Waals surface area contributed by atoms with Crippen LogP contribution in [0.4, 0.5) is 0 Å². The van der Waals surface area contributed by atoms with Crippen LogP contribution in [0.5, 0.6) is 11.5 Å². The molecule has 0 saturated heterocycles. The summed E-state index contributed by atoms with van der Waals surface area (Å²) in [5, 5.41) is 6.32. The van der Waals surface area contributed by atoms with E-state index in [2.05, 4.69) is 20.6 Å². The van der Waals surface area contributed by atoms with Crippen LogP contribution >= 0.6 is 0 Å². The Hall–Kier alpha value is -3.45. The molecular formula is C21H20N4O3. The van der Waals surface area contributed by atoms with Crippen molar-refractivity contribution in [2.75, 3.05) is 6.79 Å². The van der Waals surface area contributed by atoms with Crippen LogP contribution in [0.25, 0.3) is 0 Å². The van der Waals surface area contributed by atoms with Gasteiger partial charge in [-0.05, 0) is 53.1 Å². The van der Waals surface area contributed by atoms with Gasteiger partial charge in [-0.15, -0.1) is 0 Å². The van der Waals surface area contributed by atoms with Crippen LogP contribution < -0.4 is 20.1 Å². The van der Waals surface area contributed by atoms with E-state index in [1.807, 2.05) is 42.5 Å². The number of amides is 1. The average molecular weight is 376 g/mol. The molecule has 7 nitrogen and oxygen atoms in total. The molecule has 0 bridgehead atoms. The van der Waals surface area contributed by atoms with Crippen molar-refractivity contribution in [1.82, 2.24) is 20.6 Å². The number of hydrogen-bond acceptors (Lipinski definition) is 6. The fourth-order valence-corrected chi connectivity index (χ4v) is 2.97. The first-order valence-electron chi connectivity index (χ1n) is 8.98. The van der Waals surface area contributed by atoms with Crippen LogP contribution in [0.2, 0.25) is 0 Å². The molecule has 7 heteroatoms. The summed E-state index contributed by atoms with van der Waals surface area (Å²) in [6.45, 7) is 1.16. The van der Waals surface area contributed by atoms with Gasteiger partial charge >= 0.3 is 0 Å². The Morgan fingerprint density at radius 1 is 0.893 bits per heavy atom. The lowest BCUT2D eigenvalue weighted by atomic mass is 10.0. The second kappa shape index (κ2) is 8.49. The zero-order chi connectivity index (χ0) is 19.2. The maximum Gasteiger partial charge on any atom is 0.242 e. The molecule has 1 aliphatic heterocycles. The molecule has 0 spiro atoms. The summed E-state index contributed by atoms with van der Waals surface area (Å²) in [6.07, 6.45) is 6.88. The SMILES string of the molecule is O=C(NCc1ccncc1)C(NCc1ccncc1)c1ccc2c(c1)OCO2. The van der Waals surface area contributed by atoms with Gasteiger partial charge in [-0.25, -0.2) is 0 Å². The predicted molar refractivity (Wildman–Crippen MR) is 102 cm³/mol. The van der Waals surface area contributed by atoms with Crippen LogP contribution in [-0.2, 0) is 17.9 Å². The lowest BCUT2D eigenvalue weighted by Crippen LogP contribution is -2.37. The second-order valence-electron chi connectivity index (χ2n) is 6.36. The molecule has 2 N–H and O–H groups in total. The van der Waals surface area contributed by atoms with Crippen molar-refractivity contribution in [1.29, 1.82) is 0 Å². The lowest BCUT2D eigenvalue weighted by molar-refractivity contribution is -0.123. The number of ether oxygens (including phenoxy) is 2. The second-order valence-corrected chi connectivity index (χ2v) is 6.36. The third-order valence-electron chi connectivity index (χ3n) is 4.47. The standard InChI is InChI=1S/C21H20N4O3/c26-21(25-13-16-5-9-23-10-6-16)20(24-12-15-3-7-22-8-4-15)17-1-2-18-19(11-17)28-14-27-18/h1-11,20,24H,12-14H2,(H,25,26). The van der Waals surface area contributed by atoms with Crippen molar-refractivity contribution in [3.05, 3.63) is 83.9 Å². The van der Waals surface area contributed by atoms with Gasteiger partial charge in [0.25, 0.3) is 0 Å². The van der Waals surface area contributed by atoms with Crippen LogP contribution in [0.15, 0.2) is 67.3 Å². The number of aromatic nitrogens is 2. The van der Waals surface area contributed by atoms with E-state index in [-0.39, 0.29) is 12.7 Å². The number of rotatable bonds is 7. The molecule has 0 fully saturated rings. The van der Waals surface area contributed by atoms with E-state index in [0.717, 1.165) is 16.7 Å². The Morgan fingerprint density at radius 2 is 1.54 bits per heavy atom. The molecule has 28 heavy (non-hydrogen) atoms. The molecule has 4 rings (SSSR count).